The van der Waals surface area contributed by atoms with Crippen molar-refractivity contribution in [3.05, 3.63) is 0 Å². The van der Waals surface area contributed by atoms with Crippen LogP contribution in [0.1, 0.15) is 26.7 Å². The van der Waals surface area contributed by atoms with Crippen LogP contribution >= 0.6 is 0 Å². The molecule has 1 saturated carbocycles. The molecule has 2 rings (SSSR count). The average Bonchev–Trinajstić information content (AvgIpc) is 2.83. The Kier molecular flexibility index (Phi) is 2.52. The van der Waals surface area contributed by atoms with E-state index in [1.54, 1.807) is 0 Å². The van der Waals surface area contributed by atoms with E-state index in [1.165, 1.54) is 12.8 Å². The lowest BCUT2D eigenvalue weighted by Crippen LogP contribution is -2.29. The van der Waals surface area contributed by atoms with Crippen LogP contribution in [-0.2, 0) is 4.79 Å². The molecular weight excluding hydrogens is 178 g/mol. The van der Waals surface area contributed by atoms with E-state index in [0.717, 1.165) is 13.1 Å². The number of carboxylic acids is 1. The molecule has 1 aliphatic carbocycles. The maximum absolute atomic E-state index is 11.1. The molecule has 0 amide bonds. The lowest BCUT2D eigenvalue weighted by Gasteiger charge is -2.19. The first-order chi connectivity index (χ1) is 6.59. The summed E-state index contributed by atoms with van der Waals surface area (Å²) in [5, 5.41) is 9.13. The Balaban J connectivity index is 2.03. The van der Waals surface area contributed by atoms with Crippen LogP contribution in [0.2, 0.25) is 0 Å². The van der Waals surface area contributed by atoms with Gasteiger partial charge in [0.15, 0.2) is 0 Å². The van der Waals surface area contributed by atoms with Crippen LogP contribution in [0, 0.1) is 17.8 Å². The van der Waals surface area contributed by atoms with Crippen LogP contribution in [0.4, 0.5) is 0 Å². The first kappa shape index (κ1) is 9.97. The SMILES string of the molecule is CC(C)N1C[C@H](C(=O)O)[C@@H](C2CC2)C1. The second-order valence-corrected chi connectivity index (χ2v) is 4.99. The lowest BCUT2D eigenvalue weighted by molar-refractivity contribution is -0.142. The van der Waals surface area contributed by atoms with Gasteiger partial charge in [0, 0.05) is 19.1 Å². The second-order valence-electron chi connectivity index (χ2n) is 4.99. The van der Waals surface area contributed by atoms with E-state index in [1.807, 2.05) is 0 Å². The molecule has 1 heterocycles. The molecule has 2 atom stereocenters. The quantitative estimate of drug-likeness (QED) is 0.744. The van der Waals surface area contributed by atoms with Gasteiger partial charge in [-0.25, -0.2) is 0 Å². The Hall–Kier alpha value is -0.570. The molecule has 0 unspecified atom stereocenters. The number of hydrogen-bond acceptors (Lipinski definition) is 2. The molecule has 2 aliphatic rings. The van der Waals surface area contributed by atoms with Gasteiger partial charge in [-0.05, 0) is 38.5 Å². The summed E-state index contributed by atoms with van der Waals surface area (Å²) in [7, 11) is 0. The molecule has 1 saturated heterocycles. The zero-order valence-electron chi connectivity index (χ0n) is 8.94. The highest BCUT2D eigenvalue weighted by molar-refractivity contribution is 5.71. The molecule has 0 spiro atoms. The average molecular weight is 197 g/mol. The van der Waals surface area contributed by atoms with E-state index in [0.29, 0.717) is 17.9 Å². The van der Waals surface area contributed by atoms with Crippen molar-refractivity contribution in [2.45, 2.75) is 32.7 Å². The van der Waals surface area contributed by atoms with E-state index in [-0.39, 0.29) is 5.92 Å². The first-order valence-electron chi connectivity index (χ1n) is 5.56. The van der Waals surface area contributed by atoms with Gasteiger partial charge >= 0.3 is 5.97 Å². The summed E-state index contributed by atoms with van der Waals surface area (Å²) in [5.74, 6) is 0.435. The smallest absolute Gasteiger partial charge is 0.308 e. The van der Waals surface area contributed by atoms with Crippen molar-refractivity contribution in [2.24, 2.45) is 17.8 Å². The highest BCUT2D eigenvalue weighted by atomic mass is 16.4. The fraction of sp³-hybridized carbons (Fsp3) is 0.909. The molecular formula is C11H19NO2. The number of hydrogen-bond donors (Lipinski definition) is 1. The van der Waals surface area contributed by atoms with E-state index in [2.05, 4.69) is 18.7 Å². The van der Waals surface area contributed by atoms with Gasteiger partial charge in [-0.15, -0.1) is 0 Å². The zero-order chi connectivity index (χ0) is 10.3. The number of nitrogens with zero attached hydrogens (tertiary/aromatic N) is 1. The van der Waals surface area contributed by atoms with Gasteiger partial charge in [-0.3, -0.25) is 9.69 Å². The largest absolute Gasteiger partial charge is 0.481 e. The number of carboxylic acid groups (broad SMARTS) is 1. The molecule has 0 aromatic heterocycles. The van der Waals surface area contributed by atoms with Crippen molar-refractivity contribution in [3.8, 4) is 0 Å². The van der Waals surface area contributed by atoms with Crippen molar-refractivity contribution >= 4 is 5.97 Å². The van der Waals surface area contributed by atoms with Gasteiger partial charge in [0.2, 0.25) is 0 Å². The molecule has 0 bridgehead atoms. The van der Waals surface area contributed by atoms with E-state index < -0.39 is 5.97 Å². The van der Waals surface area contributed by atoms with Gasteiger partial charge in [0.05, 0.1) is 5.92 Å². The van der Waals surface area contributed by atoms with Crippen molar-refractivity contribution in [3.63, 3.8) is 0 Å². The zero-order valence-corrected chi connectivity index (χ0v) is 8.94. The van der Waals surface area contributed by atoms with Crippen LogP contribution in [0.15, 0.2) is 0 Å². The Morgan fingerprint density at radius 3 is 2.43 bits per heavy atom. The Morgan fingerprint density at radius 1 is 1.36 bits per heavy atom. The van der Waals surface area contributed by atoms with Crippen molar-refractivity contribution in [2.75, 3.05) is 13.1 Å². The third kappa shape index (κ3) is 1.78. The Labute approximate surface area is 85.1 Å². The topological polar surface area (TPSA) is 40.5 Å². The predicted molar refractivity (Wildman–Crippen MR) is 54.0 cm³/mol. The summed E-state index contributed by atoms with van der Waals surface area (Å²) in [5.41, 5.74) is 0. The van der Waals surface area contributed by atoms with Crippen molar-refractivity contribution in [1.29, 1.82) is 0 Å². The lowest BCUT2D eigenvalue weighted by atomic mass is 9.92. The number of likely N-dealkylation sites (tertiary alicyclic amines) is 1. The van der Waals surface area contributed by atoms with Gasteiger partial charge in [0.25, 0.3) is 0 Å². The van der Waals surface area contributed by atoms with E-state index in [4.69, 9.17) is 5.11 Å². The minimum Gasteiger partial charge on any atom is -0.481 e. The summed E-state index contributed by atoms with van der Waals surface area (Å²) in [6.07, 6.45) is 2.50. The fourth-order valence-corrected chi connectivity index (χ4v) is 2.55. The molecule has 0 aromatic rings. The molecule has 14 heavy (non-hydrogen) atoms. The van der Waals surface area contributed by atoms with Gasteiger partial charge in [0.1, 0.15) is 0 Å². The predicted octanol–water partition coefficient (Wildman–Crippen LogP) is 1.44. The third-order valence-corrected chi connectivity index (χ3v) is 3.67. The summed E-state index contributed by atoms with van der Waals surface area (Å²) < 4.78 is 0. The molecule has 1 N–H and O–H groups in total. The van der Waals surface area contributed by atoms with Crippen LogP contribution in [-0.4, -0.2) is 35.1 Å². The molecule has 2 fully saturated rings. The van der Waals surface area contributed by atoms with E-state index in [9.17, 15) is 4.79 Å². The summed E-state index contributed by atoms with van der Waals surface area (Å²) in [4.78, 5) is 13.4. The maximum atomic E-state index is 11.1. The molecule has 3 heteroatoms. The van der Waals surface area contributed by atoms with Gasteiger partial charge in [-0.1, -0.05) is 0 Å². The molecule has 0 aromatic carbocycles. The number of aliphatic carboxylic acids is 1. The maximum Gasteiger partial charge on any atom is 0.308 e. The van der Waals surface area contributed by atoms with Crippen LogP contribution in [0.25, 0.3) is 0 Å². The summed E-state index contributed by atoms with van der Waals surface area (Å²) in [6.45, 7) is 6.05. The highest BCUT2D eigenvalue weighted by Crippen LogP contribution is 2.44. The summed E-state index contributed by atoms with van der Waals surface area (Å²) in [6, 6.07) is 0.487. The monoisotopic (exact) mass is 197 g/mol. The first-order valence-corrected chi connectivity index (χ1v) is 5.56. The normalized spacial score (nSPS) is 33.9. The minimum absolute atomic E-state index is 0.107. The molecule has 0 radical (unpaired) electrons. The van der Waals surface area contributed by atoms with Gasteiger partial charge in [-0.2, -0.15) is 0 Å². The van der Waals surface area contributed by atoms with E-state index >= 15 is 0 Å². The number of rotatable bonds is 3. The van der Waals surface area contributed by atoms with Crippen LogP contribution < -0.4 is 0 Å². The molecule has 80 valence electrons. The standard InChI is InChI=1S/C11H19NO2/c1-7(2)12-5-9(8-3-4-8)10(6-12)11(13)14/h7-10H,3-6H2,1-2H3,(H,13,14)/t9-,10+/m1/s1. The Morgan fingerprint density at radius 2 is 2.00 bits per heavy atom. The number of carbonyl (C=O) groups is 1. The fourth-order valence-electron chi connectivity index (χ4n) is 2.55. The molecule has 1 aliphatic heterocycles. The van der Waals surface area contributed by atoms with Crippen LogP contribution in [0.3, 0.4) is 0 Å². The molecule has 3 nitrogen and oxygen atoms in total. The van der Waals surface area contributed by atoms with Crippen molar-refractivity contribution < 1.29 is 9.90 Å². The van der Waals surface area contributed by atoms with Crippen LogP contribution in [0.5, 0.6) is 0 Å². The third-order valence-electron chi connectivity index (χ3n) is 3.67. The Bertz CT molecular complexity index is 235. The van der Waals surface area contributed by atoms with Gasteiger partial charge < -0.3 is 5.11 Å². The highest BCUT2D eigenvalue weighted by Gasteiger charge is 2.45. The van der Waals surface area contributed by atoms with Crippen molar-refractivity contribution in [1.82, 2.24) is 4.90 Å². The second kappa shape index (κ2) is 3.54. The minimum atomic E-state index is -0.593. The summed E-state index contributed by atoms with van der Waals surface area (Å²) >= 11 is 0.